The number of hydrogen-bond donors (Lipinski definition) is 2. The topological polar surface area (TPSA) is 85.0 Å². The Morgan fingerprint density at radius 3 is 2.78 bits per heavy atom. The molecular formula is C17H20N2O4. The molecule has 23 heavy (non-hydrogen) atoms. The molecule has 3 rings (SSSR count). The van der Waals surface area contributed by atoms with E-state index in [9.17, 15) is 9.90 Å². The van der Waals surface area contributed by atoms with Crippen LogP contribution in [-0.2, 0) is 4.84 Å². The number of ketones is 1. The van der Waals surface area contributed by atoms with Crippen molar-refractivity contribution in [3.8, 4) is 11.5 Å². The highest BCUT2D eigenvalue weighted by atomic mass is 16.7. The summed E-state index contributed by atoms with van der Waals surface area (Å²) < 4.78 is 5.15. The third kappa shape index (κ3) is 2.95. The predicted molar refractivity (Wildman–Crippen MR) is 85.0 cm³/mol. The Hall–Kier alpha value is -2.31. The summed E-state index contributed by atoms with van der Waals surface area (Å²) in [7, 11) is 1.51. The van der Waals surface area contributed by atoms with Crippen LogP contribution in [0.5, 0.6) is 11.5 Å². The number of ether oxygens (including phenoxy) is 1. The highest BCUT2D eigenvalue weighted by Crippen LogP contribution is 2.35. The first-order valence-electron chi connectivity index (χ1n) is 7.54. The van der Waals surface area contributed by atoms with Gasteiger partial charge < -0.3 is 15.6 Å². The van der Waals surface area contributed by atoms with Crippen molar-refractivity contribution in [2.45, 2.75) is 18.4 Å². The highest BCUT2D eigenvalue weighted by Gasteiger charge is 2.43. The molecule has 2 aliphatic rings. The van der Waals surface area contributed by atoms with Crippen molar-refractivity contribution in [2.24, 2.45) is 5.73 Å². The molecule has 0 saturated carbocycles. The van der Waals surface area contributed by atoms with Gasteiger partial charge in [0.2, 0.25) is 5.78 Å². The number of nitrogens with zero attached hydrogens (tertiary/aromatic N) is 1. The second-order valence-corrected chi connectivity index (χ2v) is 5.75. The molecular weight excluding hydrogens is 296 g/mol. The minimum atomic E-state index is -1.23. The minimum Gasteiger partial charge on any atom is -0.507 e. The molecule has 0 aromatic heterocycles. The number of nitrogens with two attached hydrogens (primary N) is 1. The Morgan fingerprint density at radius 1 is 1.39 bits per heavy atom. The first kappa shape index (κ1) is 15.6. The average Bonchev–Trinajstić information content (AvgIpc) is 2.51. The van der Waals surface area contributed by atoms with Crippen molar-refractivity contribution in [3.63, 3.8) is 0 Å². The van der Waals surface area contributed by atoms with Crippen LogP contribution in [0.25, 0.3) is 0 Å². The second-order valence-electron chi connectivity index (χ2n) is 5.75. The molecule has 1 unspecified atom stereocenters. The van der Waals surface area contributed by atoms with Gasteiger partial charge >= 0.3 is 0 Å². The Morgan fingerprint density at radius 2 is 2.17 bits per heavy atom. The molecule has 1 fully saturated rings. The molecule has 1 aromatic rings. The van der Waals surface area contributed by atoms with E-state index in [1.807, 2.05) is 0 Å². The number of carbonyl (C=O) groups excluding carboxylic acids is 1. The molecule has 0 amide bonds. The molecule has 122 valence electrons. The lowest BCUT2D eigenvalue weighted by atomic mass is 9.85. The first-order chi connectivity index (χ1) is 11.0. The molecule has 0 bridgehead atoms. The van der Waals surface area contributed by atoms with Crippen LogP contribution in [-0.4, -0.2) is 41.8 Å². The number of benzene rings is 1. The molecule has 1 aromatic carbocycles. The first-order valence-corrected chi connectivity index (χ1v) is 7.54. The van der Waals surface area contributed by atoms with E-state index in [1.54, 1.807) is 29.4 Å². The Labute approximate surface area is 134 Å². The maximum absolute atomic E-state index is 13.1. The van der Waals surface area contributed by atoms with Gasteiger partial charge in [-0.05, 0) is 36.8 Å². The van der Waals surface area contributed by atoms with Gasteiger partial charge in [-0.15, -0.1) is 0 Å². The number of phenols is 1. The monoisotopic (exact) mass is 316 g/mol. The molecule has 1 saturated heterocycles. The van der Waals surface area contributed by atoms with Crippen LogP contribution >= 0.6 is 0 Å². The van der Waals surface area contributed by atoms with E-state index >= 15 is 0 Å². The molecule has 1 aliphatic heterocycles. The smallest absolute Gasteiger partial charge is 0.204 e. The molecule has 0 spiro atoms. The van der Waals surface area contributed by atoms with Gasteiger partial charge in [0.1, 0.15) is 11.5 Å². The molecule has 6 nitrogen and oxygen atoms in total. The lowest BCUT2D eigenvalue weighted by Gasteiger charge is -2.40. The molecule has 1 atom stereocenters. The largest absolute Gasteiger partial charge is 0.507 e. The van der Waals surface area contributed by atoms with E-state index in [4.69, 9.17) is 15.3 Å². The van der Waals surface area contributed by atoms with E-state index in [0.717, 1.165) is 19.5 Å². The van der Waals surface area contributed by atoms with Crippen LogP contribution in [0.1, 0.15) is 23.2 Å². The van der Waals surface area contributed by atoms with Crippen LogP contribution in [0.3, 0.4) is 0 Å². The minimum absolute atomic E-state index is 0.107. The second kappa shape index (κ2) is 6.06. The van der Waals surface area contributed by atoms with Crippen molar-refractivity contribution in [1.82, 2.24) is 5.06 Å². The van der Waals surface area contributed by atoms with Gasteiger partial charge in [-0.2, -0.15) is 5.06 Å². The fourth-order valence-electron chi connectivity index (χ4n) is 2.67. The summed E-state index contributed by atoms with van der Waals surface area (Å²) in [5, 5.41) is 11.8. The number of hydrogen-bond acceptors (Lipinski definition) is 6. The van der Waals surface area contributed by atoms with Crippen molar-refractivity contribution < 1.29 is 19.5 Å². The standard InChI is InChI=1S/C17H20N2O4/c1-22-13-5-6-15(20)14(10-13)16(21)17(23-19-8-3-9-19)7-2-4-12(18)11-17/h2,4-7,10,20H,3,8-9,11,18H2,1H3. The van der Waals surface area contributed by atoms with Gasteiger partial charge in [0, 0.05) is 25.2 Å². The maximum Gasteiger partial charge on any atom is 0.204 e. The van der Waals surface area contributed by atoms with Crippen LogP contribution in [0.4, 0.5) is 0 Å². The van der Waals surface area contributed by atoms with E-state index in [2.05, 4.69) is 0 Å². The van der Waals surface area contributed by atoms with Crippen molar-refractivity contribution in [3.05, 3.63) is 47.7 Å². The van der Waals surface area contributed by atoms with Gasteiger partial charge in [0.25, 0.3) is 0 Å². The van der Waals surface area contributed by atoms with Crippen molar-refractivity contribution in [1.29, 1.82) is 0 Å². The quantitative estimate of drug-likeness (QED) is 0.805. The summed E-state index contributed by atoms with van der Waals surface area (Å²) in [6.45, 7) is 1.55. The molecule has 6 heteroatoms. The van der Waals surface area contributed by atoms with Crippen LogP contribution in [0.2, 0.25) is 0 Å². The number of aromatic hydroxyl groups is 1. The number of Topliss-reactive ketones (excluding diaryl/α,β-unsaturated/α-hetero) is 1. The van der Waals surface area contributed by atoms with Gasteiger partial charge in [-0.3, -0.25) is 9.63 Å². The number of phenolic OH excluding ortho intramolecular Hbond substituents is 1. The number of carbonyl (C=O) groups is 1. The van der Waals surface area contributed by atoms with Crippen molar-refractivity contribution in [2.75, 3.05) is 20.2 Å². The normalized spacial score (nSPS) is 24.0. The Kier molecular flexibility index (Phi) is 4.11. The SMILES string of the molecule is COc1ccc(O)c(C(=O)C2(ON3CCC3)C=CC=C(N)C2)c1. The van der Waals surface area contributed by atoms with E-state index in [-0.39, 0.29) is 23.5 Å². The van der Waals surface area contributed by atoms with Crippen LogP contribution in [0, 0.1) is 0 Å². The van der Waals surface area contributed by atoms with E-state index < -0.39 is 5.60 Å². The van der Waals surface area contributed by atoms with E-state index in [0.29, 0.717) is 11.4 Å². The number of methoxy groups -OCH3 is 1. The molecule has 0 radical (unpaired) electrons. The third-order valence-corrected chi connectivity index (χ3v) is 4.08. The van der Waals surface area contributed by atoms with Gasteiger partial charge in [0.05, 0.1) is 12.7 Å². The fourth-order valence-corrected chi connectivity index (χ4v) is 2.67. The lowest BCUT2D eigenvalue weighted by Crippen LogP contribution is -2.51. The Bertz CT molecular complexity index is 679. The summed E-state index contributed by atoms with van der Waals surface area (Å²) in [5.74, 6) is 0.0468. The molecule has 1 aliphatic carbocycles. The third-order valence-electron chi connectivity index (χ3n) is 4.08. The summed E-state index contributed by atoms with van der Waals surface area (Å²) in [6, 6.07) is 4.55. The number of allylic oxidation sites excluding steroid dienone is 2. The molecule has 3 N–H and O–H groups in total. The number of rotatable bonds is 5. The highest BCUT2D eigenvalue weighted by molar-refractivity contribution is 6.06. The zero-order valence-electron chi connectivity index (χ0n) is 13.0. The average molecular weight is 316 g/mol. The van der Waals surface area contributed by atoms with Gasteiger partial charge in [0.15, 0.2) is 5.60 Å². The summed E-state index contributed by atoms with van der Waals surface area (Å²) in [4.78, 5) is 19.1. The van der Waals surface area contributed by atoms with E-state index in [1.165, 1.54) is 19.2 Å². The fraction of sp³-hybridized carbons (Fsp3) is 0.353. The van der Waals surface area contributed by atoms with Crippen LogP contribution in [0.15, 0.2) is 42.1 Å². The lowest BCUT2D eigenvalue weighted by molar-refractivity contribution is -0.242. The molecule has 1 heterocycles. The van der Waals surface area contributed by atoms with Gasteiger partial charge in [-0.25, -0.2) is 0 Å². The summed E-state index contributed by atoms with van der Waals surface area (Å²) in [6.07, 6.45) is 6.44. The summed E-state index contributed by atoms with van der Waals surface area (Å²) in [5.41, 5.74) is 5.41. The maximum atomic E-state index is 13.1. The van der Waals surface area contributed by atoms with Crippen LogP contribution < -0.4 is 10.5 Å². The zero-order valence-corrected chi connectivity index (χ0v) is 13.0. The van der Waals surface area contributed by atoms with Gasteiger partial charge in [-0.1, -0.05) is 6.08 Å². The predicted octanol–water partition coefficient (Wildman–Crippen LogP) is 1.76. The Balaban J connectivity index is 1.97. The summed E-state index contributed by atoms with van der Waals surface area (Å²) >= 11 is 0. The number of hydroxylamine groups is 2. The van der Waals surface area contributed by atoms with Crippen molar-refractivity contribution >= 4 is 5.78 Å². The zero-order chi connectivity index (χ0) is 16.4.